The highest BCUT2D eigenvalue weighted by molar-refractivity contribution is 7.17. The van der Waals surface area contributed by atoms with Gasteiger partial charge in [0.25, 0.3) is 5.91 Å². The van der Waals surface area contributed by atoms with Crippen molar-refractivity contribution < 1.29 is 28.6 Å². The number of aryl methyl sites for hydroxylation is 1. The second-order valence-electron chi connectivity index (χ2n) is 7.59. The van der Waals surface area contributed by atoms with Gasteiger partial charge in [0.1, 0.15) is 22.9 Å². The van der Waals surface area contributed by atoms with Gasteiger partial charge in [-0.25, -0.2) is 9.59 Å². The molecule has 0 bridgehead atoms. The number of carbonyl (C=O) groups is 3. The number of rotatable bonds is 8. The molecule has 9 heteroatoms. The first kappa shape index (κ1) is 23.8. The number of esters is 2. The molecule has 34 heavy (non-hydrogen) atoms. The number of halogens is 1. The number of methoxy groups -OCH3 is 1. The average molecular weight is 500 g/mol. The van der Waals surface area contributed by atoms with E-state index in [4.69, 9.17) is 25.8 Å². The highest BCUT2D eigenvalue weighted by Gasteiger charge is 2.28. The summed E-state index contributed by atoms with van der Waals surface area (Å²) in [4.78, 5) is 38.4. The van der Waals surface area contributed by atoms with Crippen molar-refractivity contribution in [1.82, 2.24) is 0 Å². The lowest BCUT2D eigenvalue weighted by atomic mass is 10.1. The lowest BCUT2D eigenvalue weighted by Gasteiger charge is -2.12. The van der Waals surface area contributed by atoms with Crippen molar-refractivity contribution in [3.63, 3.8) is 0 Å². The summed E-state index contributed by atoms with van der Waals surface area (Å²) in [6.07, 6.45) is 2.60. The van der Waals surface area contributed by atoms with E-state index in [0.29, 0.717) is 21.3 Å². The molecule has 0 saturated heterocycles. The van der Waals surface area contributed by atoms with Gasteiger partial charge in [0, 0.05) is 9.90 Å². The van der Waals surface area contributed by atoms with Crippen molar-refractivity contribution in [2.75, 3.05) is 19.0 Å². The lowest BCUT2D eigenvalue weighted by Crippen LogP contribution is -2.22. The number of ether oxygens (including phenoxy) is 3. The smallest absolute Gasteiger partial charge is 0.342 e. The predicted octanol–water partition coefficient (Wildman–Crippen LogP) is 5.05. The highest BCUT2D eigenvalue weighted by Crippen LogP contribution is 2.39. The third-order valence-corrected chi connectivity index (χ3v) is 6.77. The van der Waals surface area contributed by atoms with Gasteiger partial charge >= 0.3 is 11.9 Å². The fourth-order valence-electron chi connectivity index (χ4n) is 3.68. The number of hydrogen-bond donors (Lipinski definition) is 1. The molecule has 176 valence electrons. The van der Waals surface area contributed by atoms with Crippen molar-refractivity contribution in [3.8, 4) is 5.75 Å². The Bertz CT molecular complexity index is 1220. The SMILES string of the molecule is COC(=O)c1c(NC(=O)COC(=O)c2ccccc2OCc2ccc(Cl)cc2)sc2c1CCC2. The number of fused-ring (bicyclic) bond motifs is 1. The molecule has 3 aromatic rings. The van der Waals surface area contributed by atoms with E-state index >= 15 is 0 Å². The molecule has 4 rings (SSSR count). The van der Waals surface area contributed by atoms with Crippen LogP contribution in [-0.4, -0.2) is 31.6 Å². The van der Waals surface area contributed by atoms with E-state index in [0.717, 1.165) is 35.3 Å². The minimum atomic E-state index is -0.691. The van der Waals surface area contributed by atoms with Crippen LogP contribution in [0.4, 0.5) is 5.00 Å². The van der Waals surface area contributed by atoms with Crippen LogP contribution >= 0.6 is 22.9 Å². The standard InChI is InChI=1S/C25H22ClNO6S/c1-31-25(30)22-18-6-4-8-20(18)34-23(22)27-21(28)14-33-24(29)17-5-2-3-7-19(17)32-13-15-9-11-16(26)12-10-15/h2-3,5,7,9-12H,4,6,8,13-14H2,1H3,(H,27,28). The van der Waals surface area contributed by atoms with Gasteiger partial charge in [-0.3, -0.25) is 4.79 Å². The van der Waals surface area contributed by atoms with Crippen molar-refractivity contribution in [2.24, 2.45) is 0 Å². The zero-order chi connectivity index (χ0) is 24.1. The zero-order valence-electron chi connectivity index (χ0n) is 18.4. The Labute approximate surface area is 205 Å². The van der Waals surface area contributed by atoms with E-state index in [9.17, 15) is 14.4 Å². The van der Waals surface area contributed by atoms with Crippen molar-refractivity contribution in [3.05, 3.63) is 80.7 Å². The molecule has 1 aliphatic carbocycles. The van der Waals surface area contributed by atoms with Crippen LogP contribution < -0.4 is 10.1 Å². The van der Waals surface area contributed by atoms with Gasteiger partial charge in [0.2, 0.25) is 0 Å². The zero-order valence-corrected chi connectivity index (χ0v) is 20.0. The maximum Gasteiger partial charge on any atom is 0.342 e. The maximum atomic E-state index is 12.6. The molecule has 1 heterocycles. The molecule has 0 aliphatic heterocycles. The van der Waals surface area contributed by atoms with Crippen LogP contribution in [0.15, 0.2) is 48.5 Å². The number of nitrogens with one attached hydrogen (secondary N) is 1. The van der Waals surface area contributed by atoms with E-state index in [-0.39, 0.29) is 12.2 Å². The molecule has 0 unspecified atom stereocenters. The molecular weight excluding hydrogens is 478 g/mol. The molecule has 1 N–H and O–H groups in total. The van der Waals surface area contributed by atoms with E-state index in [1.54, 1.807) is 36.4 Å². The third-order valence-electron chi connectivity index (χ3n) is 5.31. The third kappa shape index (κ3) is 5.40. The molecule has 0 atom stereocenters. The number of hydrogen-bond acceptors (Lipinski definition) is 7. The summed E-state index contributed by atoms with van der Waals surface area (Å²) in [6, 6.07) is 13.8. The largest absolute Gasteiger partial charge is 0.488 e. The van der Waals surface area contributed by atoms with Gasteiger partial charge in [-0.05, 0) is 54.7 Å². The molecule has 2 aromatic carbocycles. The first-order valence-corrected chi connectivity index (χ1v) is 11.8. The van der Waals surface area contributed by atoms with Crippen LogP contribution in [0.1, 0.15) is 43.1 Å². The molecule has 7 nitrogen and oxygen atoms in total. The fraction of sp³-hybridized carbons (Fsp3) is 0.240. The van der Waals surface area contributed by atoms with E-state index < -0.39 is 24.5 Å². The summed E-state index contributed by atoms with van der Waals surface area (Å²) >= 11 is 7.26. The van der Waals surface area contributed by atoms with Crippen LogP contribution in [0, 0.1) is 0 Å². The van der Waals surface area contributed by atoms with Gasteiger partial charge in [0.05, 0.1) is 12.7 Å². The molecule has 0 fully saturated rings. The van der Waals surface area contributed by atoms with Crippen molar-refractivity contribution in [2.45, 2.75) is 25.9 Å². The Balaban J connectivity index is 1.37. The van der Waals surface area contributed by atoms with Crippen molar-refractivity contribution >= 4 is 45.8 Å². The topological polar surface area (TPSA) is 90.9 Å². The summed E-state index contributed by atoms with van der Waals surface area (Å²) in [5.74, 6) is -1.38. The minimum absolute atomic E-state index is 0.203. The summed E-state index contributed by atoms with van der Waals surface area (Å²) in [6.45, 7) is -0.269. The molecule has 0 radical (unpaired) electrons. The number of para-hydroxylation sites is 1. The predicted molar refractivity (Wildman–Crippen MR) is 129 cm³/mol. The van der Waals surface area contributed by atoms with Crippen LogP contribution in [0.5, 0.6) is 5.75 Å². The first-order chi connectivity index (χ1) is 16.5. The number of anilines is 1. The Kier molecular flexibility index (Phi) is 7.49. The Morgan fingerprint density at radius 1 is 1.03 bits per heavy atom. The van der Waals surface area contributed by atoms with Gasteiger partial charge in [0.15, 0.2) is 6.61 Å². The Hall–Kier alpha value is -3.36. The molecule has 0 spiro atoms. The van der Waals surface area contributed by atoms with Gasteiger partial charge in [-0.2, -0.15) is 0 Å². The van der Waals surface area contributed by atoms with E-state index in [1.165, 1.54) is 18.4 Å². The number of amides is 1. The Morgan fingerprint density at radius 3 is 2.56 bits per heavy atom. The first-order valence-electron chi connectivity index (χ1n) is 10.6. The highest BCUT2D eigenvalue weighted by atomic mass is 35.5. The van der Waals surface area contributed by atoms with Crippen LogP contribution in [0.3, 0.4) is 0 Å². The summed E-state index contributed by atoms with van der Waals surface area (Å²) < 4.78 is 15.9. The average Bonchev–Trinajstić information content (AvgIpc) is 3.43. The molecule has 1 amide bonds. The van der Waals surface area contributed by atoms with Crippen molar-refractivity contribution in [1.29, 1.82) is 0 Å². The van der Waals surface area contributed by atoms with Crippen LogP contribution in [0.2, 0.25) is 5.02 Å². The quantitative estimate of drug-likeness (QED) is 0.436. The molecule has 1 aliphatic rings. The van der Waals surface area contributed by atoms with Crippen LogP contribution in [-0.2, 0) is 33.7 Å². The van der Waals surface area contributed by atoms with E-state index in [2.05, 4.69) is 5.32 Å². The molecule has 0 saturated carbocycles. The number of benzene rings is 2. The number of carbonyl (C=O) groups excluding carboxylic acids is 3. The summed E-state index contributed by atoms with van der Waals surface area (Å²) in [5, 5.41) is 3.73. The minimum Gasteiger partial charge on any atom is -0.488 e. The summed E-state index contributed by atoms with van der Waals surface area (Å²) in [5.41, 5.74) is 2.40. The van der Waals surface area contributed by atoms with Gasteiger partial charge in [-0.1, -0.05) is 35.9 Å². The monoisotopic (exact) mass is 499 g/mol. The maximum absolute atomic E-state index is 12.6. The van der Waals surface area contributed by atoms with Gasteiger partial charge in [-0.15, -0.1) is 11.3 Å². The number of thiophene rings is 1. The van der Waals surface area contributed by atoms with E-state index in [1.807, 2.05) is 12.1 Å². The lowest BCUT2D eigenvalue weighted by molar-refractivity contribution is -0.119. The second kappa shape index (κ2) is 10.7. The van der Waals surface area contributed by atoms with Crippen LogP contribution in [0.25, 0.3) is 0 Å². The summed E-state index contributed by atoms with van der Waals surface area (Å²) in [7, 11) is 1.31. The normalized spacial score (nSPS) is 12.1. The fourth-order valence-corrected chi connectivity index (χ4v) is 5.10. The molecule has 1 aromatic heterocycles. The second-order valence-corrected chi connectivity index (χ2v) is 9.13. The molecular formula is C25H22ClNO6S. The van der Waals surface area contributed by atoms with Gasteiger partial charge < -0.3 is 19.5 Å². The Morgan fingerprint density at radius 2 is 1.79 bits per heavy atom.